The van der Waals surface area contributed by atoms with Gasteiger partial charge in [0.05, 0.1) is 4.88 Å². The molecule has 3 aromatic rings. The molecule has 0 atom stereocenters. The molecule has 0 radical (unpaired) electrons. The Morgan fingerprint density at radius 2 is 1.65 bits per heavy atom. The Labute approximate surface area is 138 Å². The van der Waals surface area contributed by atoms with Crippen LogP contribution >= 0.6 is 11.3 Å². The van der Waals surface area contributed by atoms with E-state index < -0.39 is 0 Å². The lowest BCUT2D eigenvalue weighted by Crippen LogP contribution is -2.01. The summed E-state index contributed by atoms with van der Waals surface area (Å²) in [6.45, 7) is 0. The Morgan fingerprint density at radius 1 is 0.913 bits per heavy atom. The second kappa shape index (κ2) is 7.04. The molecule has 1 aromatic heterocycles. The summed E-state index contributed by atoms with van der Waals surface area (Å²) in [5.74, 6) is 5.88. The second-order valence-electron chi connectivity index (χ2n) is 4.99. The molecule has 1 nitrogen and oxygen atoms in total. The maximum Gasteiger partial charge on any atom is 0.168 e. The summed E-state index contributed by atoms with van der Waals surface area (Å²) in [6, 6.07) is 19.2. The number of rotatable bonds is 3. The largest absolute Gasteiger partial charge is 0.294 e. The molecule has 3 heteroatoms. The maximum absolute atomic E-state index is 12.8. The van der Waals surface area contributed by atoms with Gasteiger partial charge in [-0.3, -0.25) is 4.79 Å². The van der Waals surface area contributed by atoms with Crippen molar-refractivity contribution >= 4 is 17.1 Å². The van der Waals surface area contributed by atoms with Crippen molar-refractivity contribution in [3.63, 3.8) is 0 Å². The van der Waals surface area contributed by atoms with Gasteiger partial charge in [0, 0.05) is 22.4 Å². The van der Waals surface area contributed by atoms with Crippen LogP contribution < -0.4 is 0 Å². The summed E-state index contributed by atoms with van der Waals surface area (Å²) in [5.41, 5.74) is 1.49. The van der Waals surface area contributed by atoms with Gasteiger partial charge in [0.1, 0.15) is 5.82 Å². The molecular formula is C20H13FOS. The van der Waals surface area contributed by atoms with E-state index in [1.807, 2.05) is 42.5 Å². The molecule has 23 heavy (non-hydrogen) atoms. The SMILES string of the molecule is O=C(Cc1ccc(C#Cc2ccc(F)cc2)s1)c1ccccc1. The molecule has 0 aliphatic carbocycles. The van der Waals surface area contributed by atoms with Crippen molar-refractivity contribution in [1.29, 1.82) is 0 Å². The Bertz CT molecular complexity index is 867. The fourth-order valence-electron chi connectivity index (χ4n) is 2.09. The van der Waals surface area contributed by atoms with Gasteiger partial charge >= 0.3 is 0 Å². The van der Waals surface area contributed by atoms with Crippen molar-refractivity contribution < 1.29 is 9.18 Å². The zero-order valence-corrected chi connectivity index (χ0v) is 13.1. The second-order valence-corrected chi connectivity index (χ2v) is 6.16. The summed E-state index contributed by atoms with van der Waals surface area (Å²) in [4.78, 5) is 14.1. The zero-order valence-electron chi connectivity index (χ0n) is 12.3. The molecule has 0 saturated carbocycles. The van der Waals surface area contributed by atoms with E-state index >= 15 is 0 Å². The topological polar surface area (TPSA) is 17.1 Å². The van der Waals surface area contributed by atoms with E-state index in [2.05, 4.69) is 11.8 Å². The van der Waals surface area contributed by atoms with Gasteiger partial charge in [-0.05, 0) is 36.4 Å². The molecule has 0 spiro atoms. The van der Waals surface area contributed by atoms with Gasteiger partial charge in [-0.2, -0.15) is 0 Å². The third kappa shape index (κ3) is 4.15. The predicted octanol–water partition coefficient (Wildman–Crippen LogP) is 4.71. The molecular weight excluding hydrogens is 307 g/mol. The van der Waals surface area contributed by atoms with E-state index in [0.717, 1.165) is 20.9 Å². The molecule has 2 aromatic carbocycles. The third-order valence-electron chi connectivity index (χ3n) is 3.27. The fourth-order valence-corrected chi connectivity index (χ4v) is 2.95. The molecule has 0 bridgehead atoms. The highest BCUT2D eigenvalue weighted by atomic mass is 32.1. The number of Topliss-reactive ketones (excluding diaryl/α,β-unsaturated/α-hetero) is 1. The highest BCUT2D eigenvalue weighted by Crippen LogP contribution is 2.18. The summed E-state index contributed by atoms with van der Waals surface area (Å²) in [6.07, 6.45) is 0.382. The van der Waals surface area contributed by atoms with Crippen molar-refractivity contribution in [2.45, 2.75) is 6.42 Å². The minimum atomic E-state index is -0.270. The number of carbonyl (C=O) groups is 1. The molecule has 0 amide bonds. The summed E-state index contributed by atoms with van der Waals surface area (Å²) in [5, 5.41) is 0. The summed E-state index contributed by atoms with van der Waals surface area (Å²) >= 11 is 1.51. The van der Waals surface area contributed by atoms with Crippen LogP contribution in [-0.4, -0.2) is 5.78 Å². The van der Waals surface area contributed by atoms with Gasteiger partial charge in [0.2, 0.25) is 0 Å². The van der Waals surface area contributed by atoms with E-state index in [9.17, 15) is 9.18 Å². The number of thiophene rings is 1. The normalized spacial score (nSPS) is 9.96. The molecule has 3 rings (SSSR count). The van der Waals surface area contributed by atoms with E-state index in [1.54, 1.807) is 12.1 Å². The minimum Gasteiger partial charge on any atom is -0.294 e. The lowest BCUT2D eigenvalue weighted by atomic mass is 10.1. The first-order valence-electron chi connectivity index (χ1n) is 7.15. The first-order chi connectivity index (χ1) is 11.2. The zero-order chi connectivity index (χ0) is 16.1. The van der Waals surface area contributed by atoms with Crippen molar-refractivity contribution in [3.8, 4) is 11.8 Å². The van der Waals surface area contributed by atoms with E-state index in [4.69, 9.17) is 0 Å². The molecule has 0 unspecified atom stereocenters. The molecule has 0 fully saturated rings. The molecule has 112 valence electrons. The number of carbonyl (C=O) groups excluding carboxylic acids is 1. The summed E-state index contributed by atoms with van der Waals surface area (Å²) in [7, 11) is 0. The van der Waals surface area contributed by atoms with E-state index in [1.165, 1.54) is 23.5 Å². The molecule has 0 saturated heterocycles. The molecule has 1 heterocycles. The van der Waals surface area contributed by atoms with Crippen LogP contribution in [0.2, 0.25) is 0 Å². The Kier molecular flexibility index (Phi) is 4.65. The highest BCUT2D eigenvalue weighted by Gasteiger charge is 2.08. The van der Waals surface area contributed by atoms with Crippen LogP contribution in [0, 0.1) is 17.7 Å². The van der Waals surface area contributed by atoms with Crippen LogP contribution in [0.15, 0.2) is 66.7 Å². The van der Waals surface area contributed by atoms with Crippen LogP contribution in [0.5, 0.6) is 0 Å². The van der Waals surface area contributed by atoms with Crippen LogP contribution in [0.3, 0.4) is 0 Å². The van der Waals surface area contributed by atoms with Crippen molar-refractivity contribution in [2.75, 3.05) is 0 Å². The van der Waals surface area contributed by atoms with Gasteiger partial charge < -0.3 is 0 Å². The lowest BCUT2D eigenvalue weighted by molar-refractivity contribution is 0.0994. The predicted molar refractivity (Wildman–Crippen MR) is 91.2 cm³/mol. The van der Waals surface area contributed by atoms with Crippen LogP contribution in [0.1, 0.15) is 25.7 Å². The van der Waals surface area contributed by atoms with Crippen molar-refractivity contribution in [3.05, 3.63) is 93.4 Å². The molecule has 0 aliphatic heterocycles. The fraction of sp³-hybridized carbons (Fsp3) is 0.0500. The number of halogens is 1. The van der Waals surface area contributed by atoms with Gasteiger partial charge in [0.25, 0.3) is 0 Å². The number of hydrogen-bond acceptors (Lipinski definition) is 2. The Hall–Kier alpha value is -2.70. The van der Waals surface area contributed by atoms with Gasteiger partial charge in [-0.1, -0.05) is 42.2 Å². The lowest BCUT2D eigenvalue weighted by Gasteiger charge is -1.97. The molecule has 0 aliphatic rings. The first kappa shape index (κ1) is 15.2. The van der Waals surface area contributed by atoms with Gasteiger partial charge in [0.15, 0.2) is 5.78 Å². The monoisotopic (exact) mass is 320 g/mol. The number of hydrogen-bond donors (Lipinski definition) is 0. The van der Waals surface area contributed by atoms with Gasteiger partial charge in [-0.25, -0.2) is 4.39 Å². The van der Waals surface area contributed by atoms with Crippen LogP contribution in [0.25, 0.3) is 0 Å². The van der Waals surface area contributed by atoms with Crippen LogP contribution in [-0.2, 0) is 6.42 Å². The maximum atomic E-state index is 12.8. The van der Waals surface area contributed by atoms with E-state index in [0.29, 0.717) is 6.42 Å². The minimum absolute atomic E-state index is 0.102. The van der Waals surface area contributed by atoms with Crippen molar-refractivity contribution in [2.24, 2.45) is 0 Å². The molecule has 0 N–H and O–H groups in total. The Balaban J connectivity index is 1.69. The first-order valence-corrected chi connectivity index (χ1v) is 7.97. The third-order valence-corrected chi connectivity index (χ3v) is 4.27. The van der Waals surface area contributed by atoms with Gasteiger partial charge in [-0.15, -0.1) is 11.3 Å². The average molecular weight is 320 g/mol. The van der Waals surface area contributed by atoms with Crippen molar-refractivity contribution in [1.82, 2.24) is 0 Å². The standard InChI is InChI=1S/C20H13FOS/c21-17-9-6-15(7-10-17)8-11-18-12-13-19(23-18)14-20(22)16-4-2-1-3-5-16/h1-7,9-10,12-13H,14H2. The number of ketones is 1. The smallest absolute Gasteiger partial charge is 0.168 e. The quantitative estimate of drug-likeness (QED) is 0.504. The summed E-state index contributed by atoms with van der Waals surface area (Å²) < 4.78 is 12.8. The van der Waals surface area contributed by atoms with Crippen LogP contribution in [0.4, 0.5) is 4.39 Å². The average Bonchev–Trinajstić information content (AvgIpc) is 3.02. The number of benzene rings is 2. The van der Waals surface area contributed by atoms with E-state index in [-0.39, 0.29) is 11.6 Å². The Morgan fingerprint density at radius 3 is 2.39 bits per heavy atom. The highest BCUT2D eigenvalue weighted by molar-refractivity contribution is 7.12.